The normalized spacial score (nSPS) is 27.1. The highest BCUT2D eigenvalue weighted by atomic mass is 32.2. The Morgan fingerprint density at radius 2 is 1.85 bits per heavy atom. The van der Waals surface area contributed by atoms with E-state index in [2.05, 4.69) is 26.1 Å². The van der Waals surface area contributed by atoms with E-state index < -0.39 is 10.0 Å². The summed E-state index contributed by atoms with van der Waals surface area (Å²) in [7, 11) is -3.69. The standard InChI is InChI=1S/C24H35N3O5S/c1-16-9-11-26(12-10-16)33(30,31)19-7-8-22-21(13-19)27(24(29)15-32-22)14-23(28)25-20-6-4-5-17(2)18(20)3/h7-8,13,16-18,20H,4-6,9-12,14-15H2,1-3H3,(H,25,28)/t17-,18+,20+/m0/s1. The summed E-state index contributed by atoms with van der Waals surface area (Å²) >= 11 is 0. The summed E-state index contributed by atoms with van der Waals surface area (Å²) in [6, 6.07) is 4.66. The van der Waals surface area contributed by atoms with Crippen molar-refractivity contribution in [1.29, 1.82) is 0 Å². The van der Waals surface area contributed by atoms with E-state index in [0.717, 1.165) is 32.1 Å². The first kappa shape index (κ1) is 24.0. The predicted octanol–water partition coefficient (Wildman–Crippen LogP) is 2.77. The zero-order chi connectivity index (χ0) is 23.8. The Labute approximate surface area is 196 Å². The fourth-order valence-electron chi connectivity index (χ4n) is 5.07. The molecule has 0 aromatic heterocycles. The first-order chi connectivity index (χ1) is 15.7. The third-order valence-corrected chi connectivity index (χ3v) is 9.50. The van der Waals surface area contributed by atoms with Gasteiger partial charge in [-0.1, -0.05) is 33.6 Å². The van der Waals surface area contributed by atoms with E-state index in [0.29, 0.717) is 42.3 Å². The van der Waals surface area contributed by atoms with Crippen molar-refractivity contribution < 1.29 is 22.7 Å². The molecule has 182 valence electrons. The van der Waals surface area contributed by atoms with E-state index in [4.69, 9.17) is 4.74 Å². The number of anilines is 1. The minimum atomic E-state index is -3.69. The maximum absolute atomic E-state index is 13.2. The third kappa shape index (κ3) is 5.04. The van der Waals surface area contributed by atoms with Gasteiger partial charge in [-0.15, -0.1) is 0 Å². The van der Waals surface area contributed by atoms with Crippen LogP contribution in [0.15, 0.2) is 23.1 Å². The third-order valence-electron chi connectivity index (χ3n) is 7.61. The summed E-state index contributed by atoms with van der Waals surface area (Å²) in [4.78, 5) is 27.0. The Morgan fingerprint density at radius 3 is 2.58 bits per heavy atom. The van der Waals surface area contributed by atoms with Crippen LogP contribution in [0.2, 0.25) is 0 Å². The first-order valence-electron chi connectivity index (χ1n) is 12.0. The molecule has 1 aliphatic carbocycles. The number of nitrogens with zero attached hydrogens (tertiary/aromatic N) is 2. The minimum Gasteiger partial charge on any atom is -0.482 e. The summed E-state index contributed by atoms with van der Waals surface area (Å²) in [5.41, 5.74) is 0.331. The fourth-order valence-corrected chi connectivity index (χ4v) is 6.56. The number of carbonyl (C=O) groups excluding carboxylic acids is 2. The molecule has 1 aromatic carbocycles. The number of benzene rings is 1. The van der Waals surface area contributed by atoms with Gasteiger partial charge in [0.25, 0.3) is 5.91 Å². The number of nitrogens with one attached hydrogen (secondary N) is 1. The maximum Gasteiger partial charge on any atom is 0.265 e. The molecule has 9 heteroatoms. The van der Waals surface area contributed by atoms with Gasteiger partial charge in [-0.2, -0.15) is 4.31 Å². The van der Waals surface area contributed by atoms with Crippen LogP contribution in [0.3, 0.4) is 0 Å². The number of sulfonamides is 1. The van der Waals surface area contributed by atoms with E-state index >= 15 is 0 Å². The van der Waals surface area contributed by atoms with Gasteiger partial charge in [-0.25, -0.2) is 8.42 Å². The van der Waals surface area contributed by atoms with Crippen LogP contribution in [0, 0.1) is 17.8 Å². The second-order valence-corrected chi connectivity index (χ2v) is 11.9. The number of ether oxygens (including phenoxy) is 1. The molecule has 2 amide bonds. The van der Waals surface area contributed by atoms with Crippen LogP contribution < -0.4 is 15.0 Å². The van der Waals surface area contributed by atoms with E-state index in [9.17, 15) is 18.0 Å². The van der Waals surface area contributed by atoms with E-state index in [1.54, 1.807) is 6.07 Å². The van der Waals surface area contributed by atoms with Gasteiger partial charge < -0.3 is 10.1 Å². The van der Waals surface area contributed by atoms with Crippen molar-refractivity contribution in [2.24, 2.45) is 17.8 Å². The van der Waals surface area contributed by atoms with Gasteiger partial charge in [-0.3, -0.25) is 14.5 Å². The van der Waals surface area contributed by atoms with Gasteiger partial charge in [-0.05, 0) is 55.2 Å². The Kier molecular flexibility index (Phi) is 7.00. The van der Waals surface area contributed by atoms with Crippen molar-refractivity contribution in [1.82, 2.24) is 9.62 Å². The van der Waals surface area contributed by atoms with Crippen molar-refractivity contribution in [3.05, 3.63) is 18.2 Å². The van der Waals surface area contributed by atoms with Crippen LogP contribution in [0.25, 0.3) is 0 Å². The molecule has 1 saturated carbocycles. The lowest BCUT2D eigenvalue weighted by Gasteiger charge is -2.35. The predicted molar refractivity (Wildman–Crippen MR) is 126 cm³/mol. The van der Waals surface area contributed by atoms with Crippen molar-refractivity contribution in [3.8, 4) is 5.75 Å². The highest BCUT2D eigenvalue weighted by molar-refractivity contribution is 7.89. The first-order valence-corrected chi connectivity index (χ1v) is 13.5. The van der Waals surface area contributed by atoms with Gasteiger partial charge in [0.1, 0.15) is 12.3 Å². The number of amides is 2. The molecule has 2 fully saturated rings. The number of carbonyl (C=O) groups is 2. The highest BCUT2D eigenvalue weighted by Crippen LogP contribution is 2.36. The van der Waals surface area contributed by atoms with Crippen molar-refractivity contribution >= 4 is 27.5 Å². The van der Waals surface area contributed by atoms with Crippen LogP contribution in [-0.4, -0.2) is 56.8 Å². The van der Waals surface area contributed by atoms with Gasteiger partial charge in [0, 0.05) is 19.1 Å². The highest BCUT2D eigenvalue weighted by Gasteiger charge is 2.34. The molecule has 0 unspecified atom stereocenters. The summed E-state index contributed by atoms with van der Waals surface area (Å²) < 4.78 is 33.5. The summed E-state index contributed by atoms with van der Waals surface area (Å²) in [6.45, 7) is 7.13. The molecular formula is C24H35N3O5S. The molecule has 1 N–H and O–H groups in total. The number of rotatable bonds is 5. The fraction of sp³-hybridized carbons (Fsp3) is 0.667. The Balaban J connectivity index is 1.53. The van der Waals surface area contributed by atoms with Gasteiger partial charge >= 0.3 is 0 Å². The molecule has 0 spiro atoms. The zero-order valence-corrected chi connectivity index (χ0v) is 20.6. The van der Waals surface area contributed by atoms with Crippen LogP contribution in [0.5, 0.6) is 5.75 Å². The smallest absolute Gasteiger partial charge is 0.265 e. The SMILES string of the molecule is CC1CCN(S(=O)(=O)c2ccc3c(c2)N(CC(=O)N[C@@H]2CCC[C@H](C)[C@H]2C)C(=O)CO3)CC1. The second-order valence-electron chi connectivity index (χ2n) is 9.93. The van der Waals surface area contributed by atoms with E-state index in [1.165, 1.54) is 21.3 Å². The molecule has 1 aromatic rings. The number of piperidine rings is 1. The molecule has 3 aliphatic rings. The molecule has 4 rings (SSSR count). The largest absolute Gasteiger partial charge is 0.482 e. The average Bonchev–Trinajstić information content (AvgIpc) is 2.79. The Bertz CT molecular complexity index is 1000. The van der Waals surface area contributed by atoms with Crippen LogP contribution in [0.4, 0.5) is 5.69 Å². The average molecular weight is 478 g/mol. The quantitative estimate of drug-likeness (QED) is 0.704. The Hall–Kier alpha value is -2.13. The number of hydrogen-bond acceptors (Lipinski definition) is 5. The van der Waals surface area contributed by atoms with Crippen molar-refractivity contribution in [2.75, 3.05) is 31.1 Å². The monoisotopic (exact) mass is 477 g/mol. The van der Waals surface area contributed by atoms with Gasteiger partial charge in [0.15, 0.2) is 6.61 Å². The van der Waals surface area contributed by atoms with E-state index in [-0.39, 0.29) is 35.9 Å². The maximum atomic E-state index is 13.2. The van der Waals surface area contributed by atoms with Crippen molar-refractivity contribution in [2.45, 2.75) is 63.8 Å². The molecule has 33 heavy (non-hydrogen) atoms. The van der Waals surface area contributed by atoms with Gasteiger partial charge in [0.2, 0.25) is 15.9 Å². The molecule has 1 saturated heterocycles. The summed E-state index contributed by atoms with van der Waals surface area (Å²) in [6.07, 6.45) is 4.83. The zero-order valence-electron chi connectivity index (χ0n) is 19.7. The number of fused-ring (bicyclic) bond motifs is 1. The molecular weight excluding hydrogens is 442 g/mol. The lowest BCUT2D eigenvalue weighted by atomic mass is 9.78. The summed E-state index contributed by atoms with van der Waals surface area (Å²) in [5, 5.41) is 3.10. The minimum absolute atomic E-state index is 0.0880. The Morgan fingerprint density at radius 1 is 1.12 bits per heavy atom. The molecule has 2 heterocycles. The van der Waals surface area contributed by atoms with Crippen LogP contribution >= 0.6 is 0 Å². The molecule has 8 nitrogen and oxygen atoms in total. The molecule has 0 bridgehead atoms. The number of hydrogen-bond donors (Lipinski definition) is 1. The molecule has 2 aliphatic heterocycles. The van der Waals surface area contributed by atoms with Crippen molar-refractivity contribution in [3.63, 3.8) is 0 Å². The topological polar surface area (TPSA) is 96.0 Å². The lowest BCUT2D eigenvalue weighted by Crippen LogP contribution is -2.50. The second kappa shape index (κ2) is 9.62. The lowest BCUT2D eigenvalue weighted by molar-refractivity contribution is -0.126. The van der Waals surface area contributed by atoms with Crippen LogP contribution in [-0.2, 0) is 19.6 Å². The van der Waals surface area contributed by atoms with E-state index in [1.807, 2.05) is 0 Å². The van der Waals surface area contributed by atoms with Crippen LogP contribution in [0.1, 0.15) is 52.9 Å². The summed E-state index contributed by atoms with van der Waals surface area (Å²) in [5.74, 6) is 1.24. The molecule has 3 atom stereocenters. The van der Waals surface area contributed by atoms with Gasteiger partial charge in [0.05, 0.1) is 10.6 Å². The molecule has 0 radical (unpaired) electrons.